The molecule has 122 valence electrons. The fourth-order valence-electron chi connectivity index (χ4n) is 2.44. The van der Waals surface area contributed by atoms with E-state index in [9.17, 15) is 9.59 Å². The molecule has 8 heteroatoms. The highest BCUT2D eigenvalue weighted by atomic mass is 16.5. The van der Waals surface area contributed by atoms with Crippen LogP contribution in [0, 0.1) is 0 Å². The van der Waals surface area contributed by atoms with Crippen LogP contribution in [-0.2, 0) is 9.53 Å². The number of carbonyl (C=O) groups excluding carboxylic acids is 2. The Morgan fingerprint density at radius 1 is 1.35 bits per heavy atom. The van der Waals surface area contributed by atoms with Gasteiger partial charge in [-0.2, -0.15) is 0 Å². The van der Waals surface area contributed by atoms with Crippen LogP contribution in [0.5, 0.6) is 0 Å². The summed E-state index contributed by atoms with van der Waals surface area (Å²) in [7, 11) is 0. The van der Waals surface area contributed by atoms with Gasteiger partial charge in [-0.15, -0.1) is 0 Å². The second kappa shape index (κ2) is 7.10. The standard InChI is InChI=1S/C15H17N3O5/c19-14(16-13-5-8-23-17-13)10-18(9-11-3-1-6-21-11)15(20)12-4-2-7-22-12/h2,4-5,7-8,11H,1,3,6,9-10H2,(H,16,17,19). The number of nitrogens with one attached hydrogen (secondary N) is 1. The van der Waals surface area contributed by atoms with Crippen molar-refractivity contribution in [1.29, 1.82) is 0 Å². The topological polar surface area (TPSA) is 97.8 Å². The van der Waals surface area contributed by atoms with Gasteiger partial charge in [-0.25, -0.2) is 0 Å². The van der Waals surface area contributed by atoms with Gasteiger partial charge in [0.2, 0.25) is 5.91 Å². The summed E-state index contributed by atoms with van der Waals surface area (Å²) in [6.45, 7) is 0.899. The van der Waals surface area contributed by atoms with Crippen LogP contribution in [0.1, 0.15) is 23.4 Å². The van der Waals surface area contributed by atoms with E-state index in [0.29, 0.717) is 19.0 Å². The van der Waals surface area contributed by atoms with Crippen molar-refractivity contribution in [3.63, 3.8) is 0 Å². The Hall–Kier alpha value is -2.61. The average Bonchev–Trinajstić information content (AvgIpc) is 3.29. The number of anilines is 1. The van der Waals surface area contributed by atoms with Crippen LogP contribution in [0.2, 0.25) is 0 Å². The minimum absolute atomic E-state index is 0.0613. The van der Waals surface area contributed by atoms with E-state index in [1.54, 1.807) is 12.1 Å². The molecule has 0 spiro atoms. The van der Waals surface area contributed by atoms with Gasteiger partial charge in [0.1, 0.15) is 12.8 Å². The van der Waals surface area contributed by atoms with Gasteiger partial charge in [0, 0.05) is 19.2 Å². The average molecular weight is 319 g/mol. The largest absolute Gasteiger partial charge is 0.459 e. The summed E-state index contributed by atoms with van der Waals surface area (Å²) in [5.74, 6) is -0.215. The summed E-state index contributed by atoms with van der Waals surface area (Å²) in [4.78, 5) is 26.0. The smallest absolute Gasteiger partial charge is 0.290 e. The Kier molecular flexibility index (Phi) is 4.72. The molecule has 1 unspecified atom stereocenters. The van der Waals surface area contributed by atoms with Gasteiger partial charge in [0.05, 0.1) is 12.4 Å². The summed E-state index contributed by atoms with van der Waals surface area (Å²) in [5.41, 5.74) is 0. The van der Waals surface area contributed by atoms with Crippen molar-refractivity contribution in [2.24, 2.45) is 0 Å². The number of nitrogens with zero attached hydrogens (tertiary/aromatic N) is 2. The first-order chi connectivity index (χ1) is 11.2. The monoisotopic (exact) mass is 319 g/mol. The van der Waals surface area contributed by atoms with Gasteiger partial charge in [-0.1, -0.05) is 5.16 Å². The summed E-state index contributed by atoms with van der Waals surface area (Å²) >= 11 is 0. The van der Waals surface area contributed by atoms with E-state index in [1.807, 2.05) is 0 Å². The quantitative estimate of drug-likeness (QED) is 0.867. The number of aromatic nitrogens is 1. The van der Waals surface area contributed by atoms with Crippen molar-refractivity contribution in [2.75, 3.05) is 25.0 Å². The molecule has 1 atom stereocenters. The zero-order chi connectivity index (χ0) is 16.1. The van der Waals surface area contributed by atoms with Crippen molar-refractivity contribution in [2.45, 2.75) is 18.9 Å². The third-order valence-corrected chi connectivity index (χ3v) is 3.51. The SMILES string of the molecule is O=C(CN(CC1CCCO1)C(=O)c1ccco1)Nc1ccon1. The molecule has 3 heterocycles. The molecule has 2 aromatic heterocycles. The van der Waals surface area contributed by atoms with Crippen LogP contribution in [0.4, 0.5) is 5.82 Å². The minimum Gasteiger partial charge on any atom is -0.459 e. The molecule has 23 heavy (non-hydrogen) atoms. The molecule has 0 aromatic carbocycles. The van der Waals surface area contributed by atoms with Crippen molar-refractivity contribution in [3.8, 4) is 0 Å². The predicted octanol–water partition coefficient (Wildman–Crippen LogP) is 1.53. The van der Waals surface area contributed by atoms with Crippen LogP contribution < -0.4 is 5.32 Å². The maximum absolute atomic E-state index is 12.5. The minimum atomic E-state index is -0.364. The predicted molar refractivity (Wildman–Crippen MR) is 78.7 cm³/mol. The molecule has 1 aliphatic heterocycles. The molecule has 0 bridgehead atoms. The molecule has 1 saturated heterocycles. The van der Waals surface area contributed by atoms with E-state index in [4.69, 9.17) is 9.15 Å². The Labute approximate surface area is 132 Å². The summed E-state index contributed by atoms with van der Waals surface area (Å²) in [6.07, 6.45) is 4.54. The van der Waals surface area contributed by atoms with Crippen LogP contribution in [0.25, 0.3) is 0 Å². The number of rotatable bonds is 6. The van der Waals surface area contributed by atoms with Gasteiger partial charge in [0.25, 0.3) is 5.91 Å². The molecule has 0 aliphatic carbocycles. The van der Waals surface area contributed by atoms with E-state index in [-0.39, 0.29) is 30.2 Å². The second-order valence-electron chi connectivity index (χ2n) is 5.23. The molecule has 1 fully saturated rings. The lowest BCUT2D eigenvalue weighted by Crippen LogP contribution is -2.42. The van der Waals surface area contributed by atoms with Crippen molar-refractivity contribution < 1.29 is 23.3 Å². The van der Waals surface area contributed by atoms with E-state index < -0.39 is 0 Å². The third kappa shape index (κ3) is 3.98. The highest BCUT2D eigenvalue weighted by molar-refractivity contribution is 5.97. The lowest BCUT2D eigenvalue weighted by Gasteiger charge is -2.23. The molecular formula is C15H17N3O5. The molecule has 2 aromatic rings. The Balaban J connectivity index is 1.66. The summed E-state index contributed by atoms with van der Waals surface area (Å²) in [5, 5.41) is 6.18. The number of carbonyl (C=O) groups is 2. The number of furan rings is 1. The Bertz CT molecular complexity index is 632. The second-order valence-corrected chi connectivity index (χ2v) is 5.23. The normalized spacial score (nSPS) is 17.1. The highest BCUT2D eigenvalue weighted by Gasteiger charge is 2.26. The molecule has 8 nitrogen and oxygen atoms in total. The van der Waals surface area contributed by atoms with E-state index >= 15 is 0 Å². The van der Waals surface area contributed by atoms with Crippen LogP contribution in [0.15, 0.2) is 39.7 Å². The summed E-state index contributed by atoms with van der Waals surface area (Å²) in [6, 6.07) is 4.73. The van der Waals surface area contributed by atoms with Crippen LogP contribution in [-0.4, -0.2) is 47.7 Å². The van der Waals surface area contributed by atoms with E-state index in [2.05, 4.69) is 15.0 Å². The lowest BCUT2D eigenvalue weighted by atomic mass is 10.2. The van der Waals surface area contributed by atoms with Crippen LogP contribution in [0.3, 0.4) is 0 Å². The Morgan fingerprint density at radius 3 is 2.91 bits per heavy atom. The van der Waals surface area contributed by atoms with Crippen molar-refractivity contribution >= 4 is 17.6 Å². The fraction of sp³-hybridized carbons (Fsp3) is 0.400. The summed E-state index contributed by atoms with van der Waals surface area (Å²) < 4.78 is 15.3. The van der Waals surface area contributed by atoms with Crippen molar-refractivity contribution in [1.82, 2.24) is 10.1 Å². The van der Waals surface area contributed by atoms with Crippen LogP contribution >= 0.6 is 0 Å². The van der Waals surface area contributed by atoms with Gasteiger partial charge in [-0.05, 0) is 25.0 Å². The molecule has 1 N–H and O–H groups in total. The Morgan fingerprint density at radius 2 is 2.26 bits per heavy atom. The van der Waals surface area contributed by atoms with Gasteiger partial charge in [0.15, 0.2) is 11.6 Å². The lowest BCUT2D eigenvalue weighted by molar-refractivity contribution is -0.117. The van der Waals surface area contributed by atoms with Gasteiger partial charge < -0.3 is 23.9 Å². The molecule has 2 amide bonds. The molecule has 0 saturated carbocycles. The zero-order valence-electron chi connectivity index (χ0n) is 12.4. The molecule has 3 rings (SSSR count). The van der Waals surface area contributed by atoms with E-state index in [0.717, 1.165) is 12.8 Å². The highest BCUT2D eigenvalue weighted by Crippen LogP contribution is 2.15. The maximum atomic E-state index is 12.5. The molecular weight excluding hydrogens is 302 g/mol. The van der Waals surface area contributed by atoms with Gasteiger partial charge >= 0.3 is 0 Å². The first-order valence-corrected chi connectivity index (χ1v) is 7.37. The first kappa shape index (κ1) is 15.3. The van der Waals surface area contributed by atoms with Crippen molar-refractivity contribution in [3.05, 3.63) is 36.5 Å². The first-order valence-electron chi connectivity index (χ1n) is 7.37. The zero-order valence-corrected chi connectivity index (χ0v) is 12.4. The number of amides is 2. The van der Waals surface area contributed by atoms with Gasteiger partial charge in [-0.3, -0.25) is 9.59 Å². The number of hydrogen-bond acceptors (Lipinski definition) is 6. The molecule has 1 aliphatic rings. The molecule has 0 radical (unpaired) electrons. The third-order valence-electron chi connectivity index (χ3n) is 3.51. The number of hydrogen-bond donors (Lipinski definition) is 1. The van der Waals surface area contributed by atoms with E-state index in [1.165, 1.54) is 23.5 Å². The fourth-order valence-corrected chi connectivity index (χ4v) is 2.44. The maximum Gasteiger partial charge on any atom is 0.290 e. The number of ether oxygens (including phenoxy) is 1.